The van der Waals surface area contributed by atoms with Gasteiger partial charge in [-0.15, -0.1) is 0 Å². The van der Waals surface area contributed by atoms with Crippen LogP contribution in [0.1, 0.15) is 13.3 Å². The van der Waals surface area contributed by atoms with E-state index < -0.39 is 0 Å². The number of carbonyl (C=O) groups is 1. The SMILES string of the molecule is CCC(=O)[NH][Zr]. The van der Waals surface area contributed by atoms with Crippen LogP contribution in [0.2, 0.25) is 0 Å². The Bertz CT molecular complexity index is 48.8. The van der Waals surface area contributed by atoms with Gasteiger partial charge in [-0.2, -0.15) is 0 Å². The molecule has 33 valence electrons. The van der Waals surface area contributed by atoms with Gasteiger partial charge >= 0.3 is 52.3 Å². The Morgan fingerprint density at radius 2 is 2.50 bits per heavy atom. The molecule has 0 radical (unpaired) electrons. The van der Waals surface area contributed by atoms with Crippen molar-refractivity contribution in [1.82, 2.24) is 3.26 Å². The van der Waals surface area contributed by atoms with Crippen LogP contribution in [-0.2, 0) is 29.8 Å². The number of hydrogen-bond donors (Lipinski definition) is 1. The number of hydrogen-bond acceptors (Lipinski definition) is 1. The molecule has 0 aliphatic rings. The summed E-state index contributed by atoms with van der Waals surface area (Å²) in [5.74, 6) is 0.133. The van der Waals surface area contributed by atoms with Crippen LogP contribution in [0.25, 0.3) is 0 Å². The minimum atomic E-state index is 0.133. The number of nitrogens with one attached hydrogen (secondary N) is 1. The van der Waals surface area contributed by atoms with Gasteiger partial charge in [0.25, 0.3) is 0 Å². The normalized spacial score (nSPS) is 7.33. The number of amides is 1. The van der Waals surface area contributed by atoms with Crippen molar-refractivity contribution in [3.8, 4) is 0 Å². The summed E-state index contributed by atoms with van der Waals surface area (Å²) in [5.41, 5.74) is 0. The molecule has 0 aromatic carbocycles. The second-order valence-corrected chi connectivity index (χ2v) is 1.52. The molecule has 0 aromatic rings. The van der Waals surface area contributed by atoms with Gasteiger partial charge in [-0.1, -0.05) is 0 Å². The molecule has 3 heteroatoms. The van der Waals surface area contributed by atoms with E-state index in [0.29, 0.717) is 6.42 Å². The molecule has 0 fully saturated rings. The molecule has 0 aliphatic heterocycles. The molecule has 0 unspecified atom stereocenters. The first kappa shape index (κ1) is 6.35. The second-order valence-electron chi connectivity index (χ2n) is 0.902. The molecular formula is C3H6NOZr. The topological polar surface area (TPSA) is 29.1 Å². The van der Waals surface area contributed by atoms with Gasteiger partial charge in [0, 0.05) is 0 Å². The quantitative estimate of drug-likeness (QED) is 0.578. The van der Waals surface area contributed by atoms with Gasteiger partial charge in [-0.25, -0.2) is 0 Å². The van der Waals surface area contributed by atoms with Crippen molar-refractivity contribution >= 4 is 5.91 Å². The molecule has 6 heavy (non-hydrogen) atoms. The van der Waals surface area contributed by atoms with Crippen LogP contribution in [-0.4, -0.2) is 5.91 Å². The Hall–Kier alpha value is 0.353. The van der Waals surface area contributed by atoms with E-state index in [1.807, 2.05) is 6.92 Å². The summed E-state index contributed by atoms with van der Waals surface area (Å²) in [6.45, 7) is 1.83. The number of rotatable bonds is 1. The van der Waals surface area contributed by atoms with E-state index in [2.05, 4.69) is 3.26 Å². The molecule has 0 bridgehead atoms. The summed E-state index contributed by atoms with van der Waals surface area (Å²) in [6, 6.07) is 0. The Labute approximate surface area is 52.6 Å². The zero-order valence-electron chi connectivity index (χ0n) is 3.62. The third-order valence-electron chi connectivity index (χ3n) is 0.461. The summed E-state index contributed by atoms with van der Waals surface area (Å²) in [6.07, 6.45) is 0.602. The van der Waals surface area contributed by atoms with Gasteiger partial charge < -0.3 is 0 Å². The summed E-state index contributed by atoms with van der Waals surface area (Å²) in [4.78, 5) is 10.1. The average Bonchev–Trinajstić information content (AvgIpc) is 1.65. The van der Waals surface area contributed by atoms with E-state index in [1.165, 1.54) is 0 Å². The minimum absolute atomic E-state index is 0.133. The van der Waals surface area contributed by atoms with Crippen molar-refractivity contribution in [3.63, 3.8) is 0 Å². The molecule has 2 nitrogen and oxygen atoms in total. The van der Waals surface area contributed by atoms with Gasteiger partial charge in [-0.3, -0.25) is 0 Å². The predicted molar refractivity (Wildman–Crippen MR) is 18.4 cm³/mol. The molecule has 0 saturated carbocycles. The third kappa shape index (κ3) is 2.58. The zero-order valence-corrected chi connectivity index (χ0v) is 6.07. The van der Waals surface area contributed by atoms with E-state index in [-0.39, 0.29) is 5.91 Å². The van der Waals surface area contributed by atoms with Gasteiger partial charge in [0.15, 0.2) is 0 Å². The fourth-order valence-electron chi connectivity index (χ4n) is 0.0884. The first-order valence-corrected chi connectivity index (χ1v) is 2.99. The van der Waals surface area contributed by atoms with Crippen LogP contribution < -0.4 is 3.26 Å². The summed E-state index contributed by atoms with van der Waals surface area (Å²) in [7, 11) is 0. The molecule has 0 rings (SSSR count). The van der Waals surface area contributed by atoms with Crippen LogP contribution in [0.4, 0.5) is 0 Å². The molecule has 0 spiro atoms. The molecule has 0 heterocycles. The van der Waals surface area contributed by atoms with Crippen molar-refractivity contribution in [2.75, 3.05) is 0 Å². The summed E-state index contributed by atoms with van der Waals surface area (Å²) < 4.78 is 2.57. The van der Waals surface area contributed by atoms with Crippen LogP contribution in [0.5, 0.6) is 0 Å². The first-order chi connectivity index (χ1) is 2.81. The Balaban J connectivity index is 2.99. The molecule has 0 aliphatic carbocycles. The monoisotopic (exact) mass is 162 g/mol. The molecule has 1 amide bonds. The third-order valence-corrected chi connectivity index (χ3v) is 1.15. The fourth-order valence-corrected chi connectivity index (χ4v) is 0.523. The Kier molecular flexibility index (Phi) is 3.75. The van der Waals surface area contributed by atoms with Gasteiger partial charge in [0.05, 0.1) is 0 Å². The van der Waals surface area contributed by atoms with Crippen molar-refractivity contribution in [2.24, 2.45) is 0 Å². The summed E-state index contributed by atoms with van der Waals surface area (Å²) >= 11 is 1.08. The van der Waals surface area contributed by atoms with E-state index in [0.717, 1.165) is 25.0 Å². The van der Waals surface area contributed by atoms with Crippen LogP contribution in [0, 0.1) is 0 Å². The van der Waals surface area contributed by atoms with E-state index in [1.54, 1.807) is 0 Å². The molecule has 1 N–H and O–H groups in total. The molecule has 0 saturated heterocycles. The maximum atomic E-state index is 10.1. The van der Waals surface area contributed by atoms with Crippen LogP contribution in [0.15, 0.2) is 0 Å². The maximum absolute atomic E-state index is 10.1. The van der Waals surface area contributed by atoms with Crippen LogP contribution >= 0.6 is 0 Å². The van der Waals surface area contributed by atoms with E-state index in [9.17, 15) is 4.79 Å². The van der Waals surface area contributed by atoms with Gasteiger partial charge in [-0.05, 0) is 0 Å². The van der Waals surface area contributed by atoms with Crippen LogP contribution in [0.3, 0.4) is 0 Å². The molecule has 0 atom stereocenters. The van der Waals surface area contributed by atoms with Crippen molar-refractivity contribution < 1.29 is 29.8 Å². The Morgan fingerprint density at radius 1 is 2.00 bits per heavy atom. The standard InChI is InChI=1S/C3H7NO.Zr/c1-2-3(4)5;/h2H2,1H3,(H2,4,5);/q;+1/p-1. The molecule has 0 aromatic heterocycles. The van der Waals surface area contributed by atoms with Crippen molar-refractivity contribution in [2.45, 2.75) is 13.3 Å². The van der Waals surface area contributed by atoms with Crippen molar-refractivity contribution in [3.05, 3.63) is 0 Å². The zero-order chi connectivity index (χ0) is 4.99. The van der Waals surface area contributed by atoms with Crippen molar-refractivity contribution in [1.29, 1.82) is 0 Å². The van der Waals surface area contributed by atoms with Gasteiger partial charge in [0.1, 0.15) is 0 Å². The molecular weight excluding hydrogens is 157 g/mol. The van der Waals surface area contributed by atoms with E-state index in [4.69, 9.17) is 0 Å². The number of carbonyl (C=O) groups excluding carboxylic acids is 1. The fraction of sp³-hybridized carbons (Fsp3) is 0.667. The predicted octanol–water partition coefficient (Wildman–Crippen LogP) is -0.0256. The van der Waals surface area contributed by atoms with E-state index >= 15 is 0 Å². The second kappa shape index (κ2) is 3.54. The summed E-state index contributed by atoms with van der Waals surface area (Å²) in [5, 5.41) is 0. The Morgan fingerprint density at radius 3 is 2.50 bits per heavy atom. The first-order valence-electron chi connectivity index (χ1n) is 1.76. The van der Waals surface area contributed by atoms with Gasteiger partial charge in [0.2, 0.25) is 0 Å². The average molecular weight is 163 g/mol.